The molecule has 0 bridgehead atoms. The SMILES string of the molecule is CN(CC(C)(C)O)C(=O)c1ccc(N)c(F)c1. The van der Waals surface area contributed by atoms with Crippen molar-refractivity contribution in [3.8, 4) is 0 Å². The number of aliphatic hydroxyl groups is 1. The van der Waals surface area contributed by atoms with Gasteiger partial charge in [0.15, 0.2) is 0 Å². The third-order valence-corrected chi connectivity index (χ3v) is 2.22. The second kappa shape index (κ2) is 4.71. The minimum atomic E-state index is -0.989. The Morgan fingerprint density at radius 2 is 2.12 bits per heavy atom. The number of rotatable bonds is 3. The average molecular weight is 240 g/mol. The first-order chi connectivity index (χ1) is 7.70. The summed E-state index contributed by atoms with van der Waals surface area (Å²) in [6.07, 6.45) is 0. The zero-order chi connectivity index (χ0) is 13.2. The van der Waals surface area contributed by atoms with Crippen LogP contribution >= 0.6 is 0 Å². The van der Waals surface area contributed by atoms with Crippen molar-refractivity contribution in [1.29, 1.82) is 0 Å². The molecule has 0 fully saturated rings. The van der Waals surface area contributed by atoms with Crippen LogP contribution in [-0.2, 0) is 0 Å². The highest BCUT2D eigenvalue weighted by Crippen LogP contribution is 2.14. The molecule has 3 N–H and O–H groups in total. The molecule has 94 valence electrons. The summed E-state index contributed by atoms with van der Waals surface area (Å²) in [4.78, 5) is 13.2. The molecule has 0 aliphatic carbocycles. The summed E-state index contributed by atoms with van der Waals surface area (Å²) in [7, 11) is 1.55. The number of hydrogen-bond acceptors (Lipinski definition) is 3. The van der Waals surface area contributed by atoms with Gasteiger partial charge in [-0.1, -0.05) is 0 Å². The van der Waals surface area contributed by atoms with Crippen molar-refractivity contribution in [3.63, 3.8) is 0 Å². The molecule has 1 amide bonds. The number of nitrogens with zero attached hydrogens (tertiary/aromatic N) is 1. The minimum absolute atomic E-state index is 0.00620. The molecule has 0 aliphatic rings. The zero-order valence-corrected chi connectivity index (χ0v) is 10.2. The van der Waals surface area contributed by atoms with Gasteiger partial charge in [-0.3, -0.25) is 4.79 Å². The maximum atomic E-state index is 13.2. The predicted molar refractivity (Wildman–Crippen MR) is 64.1 cm³/mol. The quantitative estimate of drug-likeness (QED) is 0.781. The number of carbonyl (C=O) groups excluding carboxylic acids is 1. The summed E-state index contributed by atoms with van der Waals surface area (Å²) in [5.41, 5.74) is 4.56. The summed E-state index contributed by atoms with van der Waals surface area (Å²) < 4.78 is 13.2. The normalized spacial score (nSPS) is 11.4. The molecule has 1 aromatic rings. The molecule has 0 saturated heterocycles. The van der Waals surface area contributed by atoms with E-state index in [-0.39, 0.29) is 23.7 Å². The number of amides is 1. The van der Waals surface area contributed by atoms with Gasteiger partial charge in [-0.2, -0.15) is 0 Å². The summed E-state index contributed by atoms with van der Waals surface area (Å²) in [6.45, 7) is 3.36. The van der Waals surface area contributed by atoms with Crippen LogP contribution in [0.3, 0.4) is 0 Å². The van der Waals surface area contributed by atoms with E-state index >= 15 is 0 Å². The van der Waals surface area contributed by atoms with E-state index in [9.17, 15) is 14.3 Å². The zero-order valence-electron chi connectivity index (χ0n) is 10.2. The van der Waals surface area contributed by atoms with Crippen LogP contribution in [0, 0.1) is 5.82 Å². The molecular formula is C12H17FN2O2. The third kappa shape index (κ3) is 3.71. The largest absolute Gasteiger partial charge is 0.396 e. The Hall–Kier alpha value is -1.62. The van der Waals surface area contributed by atoms with E-state index in [2.05, 4.69) is 0 Å². The fourth-order valence-electron chi connectivity index (χ4n) is 1.53. The van der Waals surface area contributed by atoms with Gasteiger partial charge >= 0.3 is 0 Å². The summed E-state index contributed by atoms with van der Waals surface area (Å²) in [5, 5.41) is 9.59. The van der Waals surface area contributed by atoms with E-state index in [0.29, 0.717) is 0 Å². The first-order valence-electron chi connectivity index (χ1n) is 5.23. The monoisotopic (exact) mass is 240 g/mol. The summed E-state index contributed by atoms with van der Waals surface area (Å²) in [5.74, 6) is -0.974. The molecule has 0 atom stereocenters. The van der Waals surface area contributed by atoms with Crippen LogP contribution in [0.1, 0.15) is 24.2 Å². The number of nitrogens with two attached hydrogens (primary N) is 1. The lowest BCUT2D eigenvalue weighted by Crippen LogP contribution is -2.39. The van der Waals surface area contributed by atoms with Gasteiger partial charge in [-0.15, -0.1) is 0 Å². The molecule has 0 saturated carbocycles. The number of benzene rings is 1. The van der Waals surface area contributed by atoms with Crippen LogP contribution < -0.4 is 5.73 Å². The second-order valence-corrected chi connectivity index (χ2v) is 4.71. The van der Waals surface area contributed by atoms with Gasteiger partial charge in [0.05, 0.1) is 11.3 Å². The van der Waals surface area contributed by atoms with E-state index in [4.69, 9.17) is 5.73 Å². The standard InChI is InChI=1S/C12H17FN2O2/c1-12(2,17)7-15(3)11(16)8-4-5-10(14)9(13)6-8/h4-6,17H,7,14H2,1-3H3. The molecule has 0 heterocycles. The van der Waals surface area contributed by atoms with E-state index in [0.717, 1.165) is 6.07 Å². The Kier molecular flexibility index (Phi) is 3.72. The van der Waals surface area contributed by atoms with Gasteiger partial charge in [0.2, 0.25) is 0 Å². The maximum absolute atomic E-state index is 13.2. The van der Waals surface area contributed by atoms with Gasteiger partial charge in [-0.25, -0.2) is 4.39 Å². The Balaban J connectivity index is 2.85. The average Bonchev–Trinajstić information content (AvgIpc) is 2.18. The van der Waals surface area contributed by atoms with Crippen molar-refractivity contribution < 1.29 is 14.3 Å². The molecule has 1 rings (SSSR count). The highest BCUT2D eigenvalue weighted by Gasteiger charge is 2.20. The molecule has 1 aromatic carbocycles. The number of hydrogen-bond donors (Lipinski definition) is 2. The van der Waals surface area contributed by atoms with Crippen molar-refractivity contribution in [2.75, 3.05) is 19.3 Å². The van der Waals surface area contributed by atoms with Crippen LogP contribution in [0.25, 0.3) is 0 Å². The summed E-state index contributed by atoms with van der Waals surface area (Å²) in [6, 6.07) is 3.90. The van der Waals surface area contributed by atoms with E-state index in [1.54, 1.807) is 20.9 Å². The topological polar surface area (TPSA) is 66.6 Å². The van der Waals surface area contributed by atoms with Crippen molar-refractivity contribution in [2.45, 2.75) is 19.4 Å². The first-order valence-corrected chi connectivity index (χ1v) is 5.23. The van der Waals surface area contributed by atoms with Crippen LogP contribution in [-0.4, -0.2) is 35.1 Å². The molecule has 5 heteroatoms. The lowest BCUT2D eigenvalue weighted by molar-refractivity contribution is 0.0367. The van der Waals surface area contributed by atoms with Gasteiger partial charge in [0, 0.05) is 19.2 Å². The van der Waals surface area contributed by atoms with E-state index in [1.807, 2.05) is 0 Å². The number of anilines is 1. The second-order valence-electron chi connectivity index (χ2n) is 4.71. The first kappa shape index (κ1) is 13.4. The van der Waals surface area contributed by atoms with E-state index in [1.165, 1.54) is 17.0 Å². The fraction of sp³-hybridized carbons (Fsp3) is 0.417. The molecular weight excluding hydrogens is 223 g/mol. The molecule has 0 spiro atoms. The molecule has 0 unspecified atom stereocenters. The fourth-order valence-corrected chi connectivity index (χ4v) is 1.53. The molecule has 17 heavy (non-hydrogen) atoms. The van der Waals surface area contributed by atoms with Gasteiger partial charge in [-0.05, 0) is 32.0 Å². The van der Waals surface area contributed by atoms with Gasteiger partial charge in [0.1, 0.15) is 5.82 Å². The van der Waals surface area contributed by atoms with Crippen LogP contribution in [0.2, 0.25) is 0 Å². The third-order valence-electron chi connectivity index (χ3n) is 2.22. The maximum Gasteiger partial charge on any atom is 0.253 e. The van der Waals surface area contributed by atoms with Gasteiger partial charge < -0.3 is 15.7 Å². The lowest BCUT2D eigenvalue weighted by atomic mass is 10.1. The predicted octanol–water partition coefficient (Wildman–Crippen LogP) is 1.25. The minimum Gasteiger partial charge on any atom is -0.396 e. The van der Waals surface area contributed by atoms with Gasteiger partial charge in [0.25, 0.3) is 5.91 Å². The lowest BCUT2D eigenvalue weighted by Gasteiger charge is -2.25. The van der Waals surface area contributed by atoms with Crippen molar-refractivity contribution in [1.82, 2.24) is 4.90 Å². The molecule has 0 aliphatic heterocycles. The Morgan fingerprint density at radius 1 is 1.53 bits per heavy atom. The highest BCUT2D eigenvalue weighted by molar-refractivity contribution is 5.94. The number of carbonyl (C=O) groups is 1. The Morgan fingerprint density at radius 3 is 2.59 bits per heavy atom. The summed E-state index contributed by atoms with van der Waals surface area (Å²) >= 11 is 0. The van der Waals surface area contributed by atoms with Crippen LogP contribution in [0.15, 0.2) is 18.2 Å². The Labute approximate surface area is 99.8 Å². The number of nitrogen functional groups attached to an aromatic ring is 1. The van der Waals surface area contributed by atoms with Crippen LogP contribution in [0.4, 0.5) is 10.1 Å². The number of likely N-dealkylation sites (N-methyl/N-ethyl adjacent to an activating group) is 1. The van der Waals surface area contributed by atoms with Crippen molar-refractivity contribution in [3.05, 3.63) is 29.6 Å². The number of halogens is 1. The van der Waals surface area contributed by atoms with E-state index < -0.39 is 11.4 Å². The Bertz CT molecular complexity index is 427. The molecule has 4 nitrogen and oxygen atoms in total. The van der Waals surface area contributed by atoms with Crippen molar-refractivity contribution >= 4 is 11.6 Å². The van der Waals surface area contributed by atoms with Crippen LogP contribution in [0.5, 0.6) is 0 Å². The molecule has 0 aromatic heterocycles. The van der Waals surface area contributed by atoms with Crippen molar-refractivity contribution in [2.24, 2.45) is 0 Å². The molecule has 0 radical (unpaired) electrons. The smallest absolute Gasteiger partial charge is 0.253 e. The highest BCUT2D eigenvalue weighted by atomic mass is 19.1.